The molecule has 5 heteroatoms. The molecule has 1 aromatic rings. The summed E-state index contributed by atoms with van der Waals surface area (Å²) >= 11 is 0. The quantitative estimate of drug-likeness (QED) is 0.506. The Morgan fingerprint density at radius 3 is 3.00 bits per heavy atom. The molecule has 1 aromatic carbocycles. The zero-order valence-electron chi connectivity index (χ0n) is 10.6. The first-order chi connectivity index (χ1) is 8.63. The van der Waals surface area contributed by atoms with Crippen LogP contribution in [-0.2, 0) is 0 Å². The highest BCUT2D eigenvalue weighted by Gasteiger charge is 2.28. The van der Waals surface area contributed by atoms with E-state index >= 15 is 0 Å². The van der Waals surface area contributed by atoms with Gasteiger partial charge in [0.2, 0.25) is 0 Å². The smallest absolute Gasteiger partial charge is 0.315 e. The van der Waals surface area contributed by atoms with Gasteiger partial charge in [-0.3, -0.25) is 10.1 Å². The van der Waals surface area contributed by atoms with Crippen LogP contribution in [0.15, 0.2) is 18.2 Å². The monoisotopic (exact) mass is 249 g/mol. The van der Waals surface area contributed by atoms with Crippen LogP contribution in [-0.4, -0.2) is 18.0 Å². The fourth-order valence-corrected chi connectivity index (χ4v) is 2.70. The summed E-state index contributed by atoms with van der Waals surface area (Å²) in [6.45, 7) is 3.96. The largest absolute Gasteiger partial charge is 0.393 e. The fourth-order valence-electron chi connectivity index (χ4n) is 2.70. The highest BCUT2D eigenvalue weighted by molar-refractivity contribution is 5.75. The summed E-state index contributed by atoms with van der Waals surface area (Å²) < 4.78 is 0. The topological polar surface area (TPSA) is 72.4 Å². The van der Waals surface area contributed by atoms with Crippen LogP contribution >= 0.6 is 0 Å². The maximum Gasteiger partial charge on any atom is 0.315 e. The summed E-state index contributed by atoms with van der Waals surface area (Å²) in [7, 11) is 0. The number of anilines is 2. The van der Waals surface area contributed by atoms with Gasteiger partial charge in [0.15, 0.2) is 0 Å². The highest BCUT2D eigenvalue weighted by atomic mass is 16.6. The third-order valence-electron chi connectivity index (χ3n) is 3.55. The molecule has 0 aliphatic carbocycles. The predicted octanol–water partition coefficient (Wildman–Crippen LogP) is 2.80. The molecule has 5 nitrogen and oxygen atoms in total. The van der Waals surface area contributed by atoms with E-state index < -0.39 is 0 Å². The number of nitrogen functional groups attached to an aromatic ring is 1. The third kappa shape index (κ3) is 2.39. The van der Waals surface area contributed by atoms with E-state index in [1.54, 1.807) is 18.2 Å². The maximum absolute atomic E-state index is 11.1. The second-order valence-corrected chi connectivity index (χ2v) is 4.86. The van der Waals surface area contributed by atoms with Gasteiger partial charge >= 0.3 is 5.69 Å². The standard InChI is InChI=1S/C13H19N3O2/c1-2-4-10-7-8-15(9-10)12-6-3-5-11(14)13(12)16(17)18/h3,5-6,10H,2,4,7-9,14H2,1H3. The molecule has 1 aliphatic heterocycles. The Bertz CT molecular complexity index is 448. The molecule has 0 spiro atoms. The molecule has 0 bridgehead atoms. The van der Waals surface area contributed by atoms with Crippen molar-refractivity contribution in [3.63, 3.8) is 0 Å². The van der Waals surface area contributed by atoms with E-state index in [4.69, 9.17) is 5.73 Å². The Balaban J connectivity index is 2.24. The van der Waals surface area contributed by atoms with E-state index in [-0.39, 0.29) is 16.3 Å². The number of nitrogens with two attached hydrogens (primary N) is 1. The Morgan fingerprint density at radius 1 is 1.56 bits per heavy atom. The molecule has 0 aromatic heterocycles. The summed E-state index contributed by atoms with van der Waals surface area (Å²) in [6.07, 6.45) is 3.46. The maximum atomic E-state index is 11.1. The van der Waals surface area contributed by atoms with Crippen LogP contribution < -0.4 is 10.6 Å². The number of para-hydroxylation sites is 1. The average Bonchev–Trinajstić information content (AvgIpc) is 2.77. The van der Waals surface area contributed by atoms with Crippen LogP contribution in [0.5, 0.6) is 0 Å². The lowest BCUT2D eigenvalue weighted by molar-refractivity contribution is -0.383. The Labute approximate surface area is 107 Å². The summed E-state index contributed by atoms with van der Waals surface area (Å²) in [6, 6.07) is 5.16. The van der Waals surface area contributed by atoms with Gasteiger partial charge in [0.05, 0.1) is 4.92 Å². The zero-order chi connectivity index (χ0) is 13.1. The Morgan fingerprint density at radius 2 is 2.33 bits per heavy atom. The molecule has 1 fully saturated rings. The minimum Gasteiger partial charge on any atom is -0.393 e. The molecule has 98 valence electrons. The van der Waals surface area contributed by atoms with Gasteiger partial charge in [0.25, 0.3) is 0 Å². The van der Waals surface area contributed by atoms with Crippen LogP contribution in [0.3, 0.4) is 0 Å². The van der Waals surface area contributed by atoms with Crippen molar-refractivity contribution in [1.82, 2.24) is 0 Å². The number of nitro groups is 1. The van der Waals surface area contributed by atoms with E-state index in [1.807, 2.05) is 0 Å². The lowest BCUT2D eigenvalue weighted by Gasteiger charge is -2.19. The average molecular weight is 249 g/mol. The molecule has 1 aliphatic rings. The molecule has 2 N–H and O–H groups in total. The van der Waals surface area contributed by atoms with E-state index in [0.29, 0.717) is 11.6 Å². The highest BCUT2D eigenvalue weighted by Crippen LogP contribution is 2.36. The molecule has 1 atom stereocenters. The van der Waals surface area contributed by atoms with Gasteiger partial charge in [0, 0.05) is 13.1 Å². The first kappa shape index (κ1) is 12.7. The zero-order valence-corrected chi connectivity index (χ0v) is 10.6. The van der Waals surface area contributed by atoms with Crippen molar-refractivity contribution >= 4 is 17.1 Å². The number of hydrogen-bond donors (Lipinski definition) is 1. The van der Waals surface area contributed by atoms with Crippen LogP contribution in [0.25, 0.3) is 0 Å². The summed E-state index contributed by atoms with van der Waals surface area (Å²) in [5, 5.41) is 11.1. The third-order valence-corrected chi connectivity index (χ3v) is 3.55. The van der Waals surface area contributed by atoms with E-state index in [2.05, 4.69) is 11.8 Å². The van der Waals surface area contributed by atoms with E-state index in [0.717, 1.165) is 25.9 Å². The van der Waals surface area contributed by atoms with Crippen molar-refractivity contribution in [2.45, 2.75) is 26.2 Å². The number of hydrogen-bond acceptors (Lipinski definition) is 4. The molecule has 1 heterocycles. The van der Waals surface area contributed by atoms with Crippen LogP contribution in [0.1, 0.15) is 26.2 Å². The molecule has 0 amide bonds. The minimum atomic E-state index is -0.377. The van der Waals surface area contributed by atoms with Crippen molar-refractivity contribution < 1.29 is 4.92 Å². The molecule has 18 heavy (non-hydrogen) atoms. The second-order valence-electron chi connectivity index (χ2n) is 4.86. The normalized spacial score (nSPS) is 19.2. The SMILES string of the molecule is CCCC1CCN(c2cccc(N)c2[N+](=O)[O-])C1. The van der Waals surface area contributed by atoms with Gasteiger partial charge < -0.3 is 10.6 Å². The Hall–Kier alpha value is -1.78. The van der Waals surface area contributed by atoms with Gasteiger partial charge in [-0.05, 0) is 30.9 Å². The number of rotatable bonds is 4. The summed E-state index contributed by atoms with van der Waals surface area (Å²) in [5.74, 6) is 0.649. The number of benzene rings is 1. The fraction of sp³-hybridized carbons (Fsp3) is 0.538. The Kier molecular flexibility index (Phi) is 3.69. The van der Waals surface area contributed by atoms with Gasteiger partial charge in [-0.15, -0.1) is 0 Å². The summed E-state index contributed by atoms with van der Waals surface area (Å²) in [5.41, 5.74) is 6.68. The lowest BCUT2D eigenvalue weighted by atomic mass is 10.0. The second kappa shape index (κ2) is 5.25. The first-order valence-corrected chi connectivity index (χ1v) is 6.41. The van der Waals surface area contributed by atoms with Crippen molar-refractivity contribution in [1.29, 1.82) is 0 Å². The molecular formula is C13H19N3O2. The van der Waals surface area contributed by atoms with Gasteiger partial charge in [-0.1, -0.05) is 19.4 Å². The van der Waals surface area contributed by atoms with E-state index in [9.17, 15) is 10.1 Å². The van der Waals surface area contributed by atoms with Gasteiger partial charge in [-0.2, -0.15) is 0 Å². The first-order valence-electron chi connectivity index (χ1n) is 6.41. The molecule has 1 saturated heterocycles. The van der Waals surface area contributed by atoms with Crippen molar-refractivity contribution in [3.05, 3.63) is 28.3 Å². The number of nitrogens with zero attached hydrogens (tertiary/aromatic N) is 2. The van der Waals surface area contributed by atoms with Crippen LogP contribution in [0, 0.1) is 16.0 Å². The van der Waals surface area contributed by atoms with Crippen molar-refractivity contribution in [2.75, 3.05) is 23.7 Å². The summed E-state index contributed by atoms with van der Waals surface area (Å²) in [4.78, 5) is 12.8. The molecule has 0 saturated carbocycles. The molecular weight excluding hydrogens is 230 g/mol. The van der Waals surface area contributed by atoms with Crippen molar-refractivity contribution in [2.24, 2.45) is 5.92 Å². The molecule has 1 unspecified atom stereocenters. The number of nitro benzene ring substituents is 1. The van der Waals surface area contributed by atoms with Crippen LogP contribution in [0.2, 0.25) is 0 Å². The van der Waals surface area contributed by atoms with Gasteiger partial charge in [0.1, 0.15) is 11.4 Å². The van der Waals surface area contributed by atoms with Gasteiger partial charge in [-0.25, -0.2) is 0 Å². The van der Waals surface area contributed by atoms with Crippen molar-refractivity contribution in [3.8, 4) is 0 Å². The lowest BCUT2D eigenvalue weighted by Crippen LogP contribution is -2.21. The van der Waals surface area contributed by atoms with Crippen LogP contribution in [0.4, 0.5) is 17.1 Å². The molecule has 2 rings (SSSR count). The molecule has 0 radical (unpaired) electrons. The van der Waals surface area contributed by atoms with E-state index in [1.165, 1.54) is 6.42 Å². The minimum absolute atomic E-state index is 0.0506. The predicted molar refractivity (Wildman–Crippen MR) is 72.7 cm³/mol.